The molecular formula is C15H18N2O. The predicted octanol–water partition coefficient (Wildman–Crippen LogP) is 2.61. The van der Waals surface area contributed by atoms with Crippen LogP contribution in [-0.2, 0) is 13.0 Å². The van der Waals surface area contributed by atoms with Crippen LogP contribution in [0.25, 0.3) is 0 Å². The van der Waals surface area contributed by atoms with Crippen LogP contribution in [0.1, 0.15) is 41.5 Å². The summed E-state index contributed by atoms with van der Waals surface area (Å²) in [6.07, 6.45) is 7.01. The predicted molar refractivity (Wildman–Crippen MR) is 70.4 cm³/mol. The third-order valence-electron chi connectivity index (χ3n) is 3.57. The minimum Gasteiger partial charge on any atom is -0.388 e. The van der Waals surface area contributed by atoms with Crippen LogP contribution < -0.4 is 0 Å². The molecule has 0 spiro atoms. The summed E-state index contributed by atoms with van der Waals surface area (Å²) in [6.45, 7) is 2.79. The first-order chi connectivity index (χ1) is 8.72. The maximum Gasteiger partial charge on any atom is 0.0807 e. The third kappa shape index (κ3) is 2.18. The van der Waals surface area contributed by atoms with Gasteiger partial charge in [0.05, 0.1) is 18.3 Å². The largest absolute Gasteiger partial charge is 0.388 e. The lowest BCUT2D eigenvalue weighted by Gasteiger charge is -2.16. The Kier molecular flexibility index (Phi) is 2.92. The fourth-order valence-corrected chi connectivity index (χ4v) is 2.69. The minimum atomic E-state index is -0.277. The van der Waals surface area contributed by atoms with Crippen molar-refractivity contribution in [1.82, 2.24) is 9.55 Å². The van der Waals surface area contributed by atoms with Gasteiger partial charge in [-0.25, -0.2) is 0 Å². The van der Waals surface area contributed by atoms with E-state index in [1.165, 1.54) is 5.56 Å². The topological polar surface area (TPSA) is 38.0 Å². The van der Waals surface area contributed by atoms with Crippen LogP contribution in [0, 0.1) is 6.92 Å². The van der Waals surface area contributed by atoms with Crippen molar-refractivity contribution in [2.45, 2.75) is 38.8 Å². The van der Waals surface area contributed by atoms with Crippen molar-refractivity contribution in [1.29, 1.82) is 0 Å². The summed E-state index contributed by atoms with van der Waals surface area (Å²) in [7, 11) is 0. The Morgan fingerprint density at radius 1 is 1.39 bits per heavy atom. The lowest BCUT2D eigenvalue weighted by atomic mass is 9.93. The number of aliphatic hydroxyl groups excluding tert-OH is 1. The van der Waals surface area contributed by atoms with Gasteiger partial charge in [0.2, 0.25) is 0 Å². The first-order valence-electron chi connectivity index (χ1n) is 6.51. The summed E-state index contributed by atoms with van der Waals surface area (Å²) in [4.78, 5) is 4.51. The van der Waals surface area contributed by atoms with Crippen molar-refractivity contribution < 1.29 is 5.11 Å². The average Bonchev–Trinajstić information content (AvgIpc) is 2.73. The highest BCUT2D eigenvalue weighted by atomic mass is 16.3. The highest BCUT2D eigenvalue weighted by Gasteiger charge is 2.19. The Labute approximate surface area is 107 Å². The van der Waals surface area contributed by atoms with Gasteiger partial charge in [0, 0.05) is 23.7 Å². The molecule has 2 aromatic heterocycles. The van der Waals surface area contributed by atoms with Crippen molar-refractivity contribution in [2.75, 3.05) is 0 Å². The number of nitrogens with zero attached hydrogens (tertiary/aromatic N) is 2. The zero-order valence-electron chi connectivity index (χ0n) is 10.6. The highest BCUT2D eigenvalue weighted by Crippen LogP contribution is 2.30. The number of pyridine rings is 1. The van der Waals surface area contributed by atoms with E-state index in [9.17, 15) is 5.11 Å². The minimum absolute atomic E-state index is 0.277. The number of aromatic nitrogens is 2. The highest BCUT2D eigenvalue weighted by molar-refractivity contribution is 5.29. The maximum atomic E-state index is 9.96. The van der Waals surface area contributed by atoms with Gasteiger partial charge < -0.3 is 9.67 Å². The normalized spacial score (nSPS) is 18.7. The molecule has 1 N–H and O–H groups in total. The zero-order chi connectivity index (χ0) is 12.5. The first-order valence-corrected chi connectivity index (χ1v) is 6.51. The fraction of sp³-hybridized carbons (Fsp3) is 0.400. The van der Waals surface area contributed by atoms with Gasteiger partial charge in [0.15, 0.2) is 0 Å². The lowest BCUT2D eigenvalue weighted by molar-refractivity contribution is 0.157. The standard InChI is InChI=1S/C15H18N2O/c1-11-4-2-6-13(16-11)9-17-8-12-5-3-7-15(18)14(12)10-17/h2,4,6,8,10,15,18H,3,5,7,9H2,1H3. The molecule has 3 rings (SSSR count). The van der Waals surface area contributed by atoms with E-state index in [1.807, 2.05) is 25.1 Å². The van der Waals surface area contributed by atoms with Crippen LogP contribution in [0.15, 0.2) is 30.6 Å². The van der Waals surface area contributed by atoms with Gasteiger partial charge in [-0.1, -0.05) is 6.07 Å². The van der Waals surface area contributed by atoms with E-state index in [0.29, 0.717) is 0 Å². The zero-order valence-corrected chi connectivity index (χ0v) is 10.6. The molecule has 1 aliphatic rings. The fourth-order valence-electron chi connectivity index (χ4n) is 2.69. The van der Waals surface area contributed by atoms with E-state index in [1.54, 1.807) is 0 Å². The van der Waals surface area contributed by atoms with Gasteiger partial charge in [0.25, 0.3) is 0 Å². The Morgan fingerprint density at radius 2 is 2.28 bits per heavy atom. The summed E-state index contributed by atoms with van der Waals surface area (Å²) >= 11 is 0. The van der Waals surface area contributed by atoms with E-state index >= 15 is 0 Å². The van der Waals surface area contributed by atoms with Crippen LogP contribution in [0.3, 0.4) is 0 Å². The third-order valence-corrected chi connectivity index (χ3v) is 3.57. The van der Waals surface area contributed by atoms with Crippen molar-refractivity contribution in [3.8, 4) is 0 Å². The number of hydrogen-bond donors (Lipinski definition) is 1. The van der Waals surface area contributed by atoms with Gasteiger partial charge in [0.1, 0.15) is 0 Å². The number of hydrogen-bond acceptors (Lipinski definition) is 2. The maximum absolute atomic E-state index is 9.96. The van der Waals surface area contributed by atoms with Crippen molar-refractivity contribution in [2.24, 2.45) is 0 Å². The van der Waals surface area contributed by atoms with E-state index < -0.39 is 0 Å². The molecule has 0 bridgehead atoms. The Morgan fingerprint density at radius 3 is 3.06 bits per heavy atom. The van der Waals surface area contributed by atoms with E-state index in [4.69, 9.17) is 0 Å². The Balaban J connectivity index is 1.85. The summed E-state index contributed by atoms with van der Waals surface area (Å²) < 4.78 is 2.14. The molecule has 0 saturated heterocycles. The molecule has 94 valence electrons. The molecule has 18 heavy (non-hydrogen) atoms. The molecule has 3 nitrogen and oxygen atoms in total. The number of aliphatic hydroxyl groups is 1. The van der Waals surface area contributed by atoms with Gasteiger partial charge in [-0.3, -0.25) is 4.98 Å². The summed E-state index contributed by atoms with van der Waals surface area (Å²) in [5.41, 5.74) is 4.51. The van der Waals surface area contributed by atoms with Crippen LogP contribution in [-0.4, -0.2) is 14.7 Å². The Hall–Kier alpha value is -1.61. The second kappa shape index (κ2) is 4.58. The van der Waals surface area contributed by atoms with Crippen LogP contribution in [0.5, 0.6) is 0 Å². The molecule has 0 radical (unpaired) electrons. The van der Waals surface area contributed by atoms with Gasteiger partial charge >= 0.3 is 0 Å². The van der Waals surface area contributed by atoms with Crippen molar-refractivity contribution >= 4 is 0 Å². The summed E-state index contributed by atoms with van der Waals surface area (Å²) in [6, 6.07) is 6.09. The molecule has 0 saturated carbocycles. The molecule has 2 aromatic rings. The second-order valence-corrected chi connectivity index (χ2v) is 5.09. The SMILES string of the molecule is Cc1cccc(Cn2cc3c(c2)C(O)CCC3)n1. The van der Waals surface area contributed by atoms with Crippen LogP contribution in [0.4, 0.5) is 0 Å². The van der Waals surface area contributed by atoms with Gasteiger partial charge in [-0.05, 0) is 43.9 Å². The molecule has 2 heterocycles. The van der Waals surface area contributed by atoms with E-state index in [0.717, 1.165) is 42.8 Å². The van der Waals surface area contributed by atoms with Gasteiger partial charge in [-0.2, -0.15) is 0 Å². The number of fused-ring (bicyclic) bond motifs is 1. The smallest absolute Gasteiger partial charge is 0.0807 e. The Bertz CT molecular complexity index is 559. The monoisotopic (exact) mass is 242 g/mol. The molecular weight excluding hydrogens is 224 g/mol. The summed E-state index contributed by atoms with van der Waals surface area (Å²) in [5.74, 6) is 0. The van der Waals surface area contributed by atoms with Crippen LogP contribution >= 0.6 is 0 Å². The van der Waals surface area contributed by atoms with Gasteiger partial charge in [-0.15, -0.1) is 0 Å². The molecule has 3 heteroatoms. The molecule has 0 amide bonds. The molecule has 1 atom stereocenters. The first kappa shape index (κ1) is 11.5. The molecule has 0 fully saturated rings. The van der Waals surface area contributed by atoms with E-state index in [2.05, 4.69) is 21.9 Å². The van der Waals surface area contributed by atoms with E-state index in [-0.39, 0.29) is 6.10 Å². The molecule has 1 aliphatic carbocycles. The van der Waals surface area contributed by atoms with Crippen molar-refractivity contribution in [3.05, 3.63) is 53.1 Å². The molecule has 0 aliphatic heterocycles. The number of aryl methyl sites for hydroxylation is 2. The summed E-state index contributed by atoms with van der Waals surface area (Å²) in [5, 5.41) is 9.96. The number of rotatable bonds is 2. The average molecular weight is 242 g/mol. The lowest BCUT2D eigenvalue weighted by Crippen LogP contribution is -2.05. The van der Waals surface area contributed by atoms with Crippen molar-refractivity contribution in [3.63, 3.8) is 0 Å². The molecule has 0 aromatic carbocycles. The quantitative estimate of drug-likeness (QED) is 0.879. The van der Waals surface area contributed by atoms with Crippen LogP contribution in [0.2, 0.25) is 0 Å². The second-order valence-electron chi connectivity index (χ2n) is 5.09. The molecule has 1 unspecified atom stereocenters.